The first-order valence-electron chi connectivity index (χ1n) is 6.43. The van der Waals surface area contributed by atoms with Crippen LogP contribution in [0.2, 0.25) is 0 Å². The van der Waals surface area contributed by atoms with Crippen LogP contribution in [0.1, 0.15) is 5.56 Å². The molecule has 0 saturated heterocycles. The number of hydrogen-bond donors (Lipinski definition) is 0. The number of hydrogen-bond acceptors (Lipinski definition) is 5. The summed E-state index contributed by atoms with van der Waals surface area (Å²) in [7, 11) is 2.76. The molecule has 1 aromatic heterocycles. The number of esters is 1. The van der Waals surface area contributed by atoms with Crippen LogP contribution in [0.4, 0.5) is 0 Å². The van der Waals surface area contributed by atoms with Gasteiger partial charge in [0.2, 0.25) is 11.2 Å². The topological polar surface area (TPSA) is 79.5 Å². The van der Waals surface area contributed by atoms with Gasteiger partial charge < -0.3 is 23.4 Å². The van der Waals surface area contributed by atoms with Gasteiger partial charge in [-0.15, -0.1) is 0 Å². The van der Waals surface area contributed by atoms with Gasteiger partial charge >= 0.3 is 18.9 Å². The van der Waals surface area contributed by atoms with Crippen molar-refractivity contribution < 1.29 is 33.1 Å². The van der Waals surface area contributed by atoms with E-state index in [1.165, 1.54) is 19.4 Å². The van der Waals surface area contributed by atoms with Crippen LogP contribution in [0.15, 0.2) is 46.1 Å². The van der Waals surface area contributed by atoms with Gasteiger partial charge in [-0.1, -0.05) is 18.3 Å². The van der Waals surface area contributed by atoms with Gasteiger partial charge in [-0.25, -0.2) is 0 Å². The maximum absolute atomic E-state index is 12.2. The number of ether oxygens (including phenoxy) is 2. The largest absolute Gasteiger partial charge is 1.00 e. The summed E-state index contributed by atoms with van der Waals surface area (Å²) in [6, 6.07) is 8.20. The van der Waals surface area contributed by atoms with E-state index >= 15 is 0 Å². The van der Waals surface area contributed by atoms with Gasteiger partial charge in [0.1, 0.15) is 5.75 Å². The third-order valence-corrected chi connectivity index (χ3v) is 3.04. The van der Waals surface area contributed by atoms with Gasteiger partial charge in [0.05, 0.1) is 14.2 Å². The molecule has 1 heterocycles. The minimum atomic E-state index is -0.684. The van der Waals surface area contributed by atoms with Crippen molar-refractivity contribution in [2.75, 3.05) is 14.2 Å². The second-order valence-corrected chi connectivity index (χ2v) is 4.43. The standard InChI is InChI=1S/C15H15N2O5.Li/c1-21-12-5-3-11(4-6-12)9-17-13(18)7-8-16(15(17)20)10-14(19)22-2;/h3-8,10H,9H2,1-2H3;/q-1;+1. The molecule has 0 spiro atoms. The van der Waals surface area contributed by atoms with Crippen LogP contribution < -0.4 is 34.8 Å². The maximum atomic E-state index is 12.2. The molecular weight excluding hydrogens is 295 g/mol. The molecule has 0 aliphatic rings. The second kappa shape index (κ2) is 8.32. The first-order chi connectivity index (χ1) is 10.5. The number of benzene rings is 1. The van der Waals surface area contributed by atoms with Crippen LogP contribution >= 0.6 is 0 Å². The maximum Gasteiger partial charge on any atom is 1.00 e. The average molecular weight is 310 g/mol. The monoisotopic (exact) mass is 310 g/mol. The molecule has 2 aromatic rings. The van der Waals surface area contributed by atoms with Crippen LogP contribution in [0.3, 0.4) is 0 Å². The molecule has 0 saturated carbocycles. The Labute approximate surface area is 144 Å². The molecule has 0 aliphatic carbocycles. The van der Waals surface area contributed by atoms with E-state index in [9.17, 15) is 14.4 Å². The smallest absolute Gasteiger partial charge is 0.497 e. The van der Waals surface area contributed by atoms with Crippen molar-refractivity contribution in [2.24, 2.45) is 0 Å². The summed E-state index contributed by atoms with van der Waals surface area (Å²) in [5.41, 5.74) is -0.306. The number of methoxy groups -OCH3 is 2. The second-order valence-electron chi connectivity index (χ2n) is 4.43. The van der Waals surface area contributed by atoms with E-state index in [4.69, 9.17) is 4.74 Å². The molecule has 1 aromatic carbocycles. The number of nitrogens with zero attached hydrogens (tertiary/aromatic N) is 2. The van der Waals surface area contributed by atoms with Gasteiger partial charge in [-0.3, -0.25) is 9.59 Å². The van der Waals surface area contributed by atoms with Crippen LogP contribution in [0.25, 0.3) is 0 Å². The Morgan fingerprint density at radius 3 is 2.35 bits per heavy atom. The molecule has 0 fully saturated rings. The van der Waals surface area contributed by atoms with Gasteiger partial charge in [-0.05, 0) is 30.3 Å². The van der Waals surface area contributed by atoms with Crippen molar-refractivity contribution in [3.8, 4) is 5.75 Å². The third kappa shape index (κ3) is 4.55. The van der Waals surface area contributed by atoms with Crippen molar-refractivity contribution in [1.82, 2.24) is 9.13 Å². The predicted molar refractivity (Wildman–Crippen MR) is 78.8 cm³/mol. The Kier molecular flexibility index (Phi) is 6.76. The number of carbonyl (C=O) groups is 1. The van der Waals surface area contributed by atoms with E-state index in [1.54, 1.807) is 31.4 Å². The van der Waals surface area contributed by atoms with Crippen LogP contribution in [0, 0.1) is 6.54 Å². The molecule has 0 radical (unpaired) electrons. The first-order valence-corrected chi connectivity index (χ1v) is 6.43. The molecule has 0 atom stereocenters. The normalized spacial score (nSPS) is 9.65. The molecule has 2 rings (SSSR count). The molecule has 116 valence electrons. The van der Waals surface area contributed by atoms with Crippen LogP contribution in [-0.4, -0.2) is 29.3 Å². The molecule has 7 nitrogen and oxygen atoms in total. The Hall–Kier alpha value is -2.36. The fraction of sp³-hybridized carbons (Fsp3) is 0.200. The van der Waals surface area contributed by atoms with Crippen molar-refractivity contribution in [3.63, 3.8) is 0 Å². The van der Waals surface area contributed by atoms with Crippen LogP contribution in [0.5, 0.6) is 5.75 Å². The molecular formula is C15H15LiN2O5. The first kappa shape index (κ1) is 18.7. The van der Waals surface area contributed by atoms with E-state index < -0.39 is 17.2 Å². The van der Waals surface area contributed by atoms with Gasteiger partial charge in [0, 0.05) is 6.54 Å². The quantitative estimate of drug-likeness (QED) is 0.340. The van der Waals surface area contributed by atoms with E-state index in [2.05, 4.69) is 4.74 Å². The zero-order chi connectivity index (χ0) is 16.1. The minimum Gasteiger partial charge on any atom is -0.497 e. The van der Waals surface area contributed by atoms with Crippen LogP contribution in [-0.2, 0) is 16.1 Å². The summed E-state index contributed by atoms with van der Waals surface area (Å²) >= 11 is 0. The van der Waals surface area contributed by atoms with Crippen molar-refractivity contribution in [2.45, 2.75) is 6.54 Å². The number of carbonyl (C=O) groups excluding carboxylic acids is 1. The number of rotatable bonds is 5. The third-order valence-electron chi connectivity index (χ3n) is 3.04. The van der Waals surface area contributed by atoms with Gasteiger partial charge in [0.25, 0.3) is 5.97 Å². The fourth-order valence-corrected chi connectivity index (χ4v) is 1.86. The Bertz CT molecular complexity index is 780. The van der Waals surface area contributed by atoms with Crippen molar-refractivity contribution >= 4 is 5.97 Å². The van der Waals surface area contributed by atoms with E-state index in [0.717, 1.165) is 21.2 Å². The summed E-state index contributed by atoms with van der Waals surface area (Å²) in [5.74, 6) is -0.00246. The molecule has 23 heavy (non-hydrogen) atoms. The Morgan fingerprint density at radius 2 is 1.78 bits per heavy atom. The summed E-state index contributed by atoms with van der Waals surface area (Å²) in [6.07, 6.45) is 1.23. The summed E-state index contributed by atoms with van der Waals surface area (Å²) < 4.78 is 11.6. The van der Waals surface area contributed by atoms with E-state index in [-0.39, 0.29) is 25.4 Å². The summed E-state index contributed by atoms with van der Waals surface area (Å²) in [6.45, 7) is 1.07. The Morgan fingerprint density at radius 1 is 1.13 bits per heavy atom. The molecule has 8 heteroatoms. The molecule has 0 N–H and O–H groups in total. The molecule has 0 amide bonds. The minimum absolute atomic E-state index is 0. The average Bonchev–Trinajstić information content (AvgIpc) is 2.54. The summed E-state index contributed by atoms with van der Waals surface area (Å²) in [4.78, 5) is 35.3. The zero-order valence-corrected chi connectivity index (χ0v) is 13.2. The van der Waals surface area contributed by atoms with Gasteiger partial charge in [-0.2, -0.15) is 0 Å². The van der Waals surface area contributed by atoms with E-state index in [1.807, 2.05) is 0 Å². The SMILES string of the molecule is COC(=O)[CH-]n1ccc(=O)n(Cc2ccc(OC)cc2)c1=O.[Li+]. The number of aromatic nitrogens is 2. The summed E-state index contributed by atoms with van der Waals surface area (Å²) in [5, 5.41) is 0. The molecule has 0 aliphatic heterocycles. The molecule has 0 bridgehead atoms. The zero-order valence-electron chi connectivity index (χ0n) is 13.2. The van der Waals surface area contributed by atoms with Crippen molar-refractivity contribution in [1.29, 1.82) is 0 Å². The predicted octanol–water partition coefficient (Wildman–Crippen LogP) is -2.75. The fourth-order valence-electron chi connectivity index (χ4n) is 1.86. The van der Waals surface area contributed by atoms with Crippen molar-refractivity contribution in [3.05, 3.63) is 69.5 Å². The Balaban J connectivity index is 0.00000264. The van der Waals surface area contributed by atoms with E-state index in [0.29, 0.717) is 5.75 Å². The van der Waals surface area contributed by atoms with Gasteiger partial charge in [0.15, 0.2) is 0 Å². The molecule has 0 unspecified atom stereocenters.